The van der Waals surface area contributed by atoms with E-state index in [1.54, 1.807) is 0 Å². The molecule has 0 heterocycles. The summed E-state index contributed by atoms with van der Waals surface area (Å²) in [6, 6.07) is 5.71. The van der Waals surface area contributed by atoms with E-state index in [1.807, 2.05) is 18.2 Å². The third kappa shape index (κ3) is 2.44. The molecule has 0 fully saturated rings. The van der Waals surface area contributed by atoms with Crippen LogP contribution < -0.4 is 0 Å². The van der Waals surface area contributed by atoms with E-state index in [0.29, 0.717) is 0 Å². The second-order valence-corrected chi connectivity index (χ2v) is 6.26. The molecule has 0 aliphatic rings. The molecule has 0 saturated carbocycles. The van der Waals surface area contributed by atoms with Crippen LogP contribution in [0.15, 0.2) is 22.7 Å². The Labute approximate surface area is 95.7 Å². The molecule has 0 amide bonds. The predicted octanol–water partition coefficient (Wildman–Crippen LogP) is 4.89. The molecule has 11 heavy (non-hydrogen) atoms. The predicted molar refractivity (Wildman–Crippen MR) is 59.7 cm³/mol. The quantitative estimate of drug-likeness (QED) is 0.623. The summed E-state index contributed by atoms with van der Waals surface area (Å²) in [7, 11) is 0. The summed E-state index contributed by atoms with van der Waals surface area (Å²) >= 11 is 16.1. The van der Waals surface area contributed by atoms with Crippen LogP contribution in [0.5, 0.6) is 0 Å². The second kappa shape index (κ2) is 4.26. The Kier molecular flexibility index (Phi) is 3.89. The zero-order valence-corrected chi connectivity index (χ0v) is 10.8. The van der Waals surface area contributed by atoms with Gasteiger partial charge in [0.2, 0.25) is 0 Å². The van der Waals surface area contributed by atoms with Crippen molar-refractivity contribution < 1.29 is 0 Å². The van der Waals surface area contributed by atoms with Gasteiger partial charge in [-0.3, -0.25) is 0 Å². The number of halogens is 4. The molecular formula is C7H4Br3Cl. The lowest BCUT2D eigenvalue weighted by atomic mass is 10.2. The van der Waals surface area contributed by atoms with Gasteiger partial charge in [-0.15, -0.1) is 0 Å². The van der Waals surface area contributed by atoms with E-state index >= 15 is 0 Å². The van der Waals surface area contributed by atoms with Crippen LogP contribution in [0.1, 0.15) is 9.30 Å². The summed E-state index contributed by atoms with van der Waals surface area (Å²) in [4.78, 5) is 0. The van der Waals surface area contributed by atoms with Gasteiger partial charge in [0.1, 0.15) is 0 Å². The van der Waals surface area contributed by atoms with Crippen molar-refractivity contribution in [2.24, 2.45) is 0 Å². The van der Waals surface area contributed by atoms with Crippen LogP contribution in [-0.4, -0.2) is 0 Å². The van der Waals surface area contributed by atoms with Gasteiger partial charge in [-0.2, -0.15) is 0 Å². The maximum atomic E-state index is 5.93. The largest absolute Gasteiger partial charge is 0.0971 e. The maximum absolute atomic E-state index is 5.93. The van der Waals surface area contributed by atoms with Crippen LogP contribution in [0.3, 0.4) is 0 Å². The molecule has 0 aromatic heterocycles. The molecule has 4 heteroatoms. The van der Waals surface area contributed by atoms with Crippen molar-refractivity contribution in [2.75, 3.05) is 0 Å². The molecule has 0 radical (unpaired) electrons. The van der Waals surface area contributed by atoms with Crippen molar-refractivity contribution in [3.8, 4) is 0 Å². The van der Waals surface area contributed by atoms with Gasteiger partial charge in [0.05, 0.1) is 3.74 Å². The Morgan fingerprint density at radius 2 is 1.91 bits per heavy atom. The molecule has 0 bridgehead atoms. The molecular weight excluding hydrogens is 359 g/mol. The Hall–Kier alpha value is 0.950. The van der Waals surface area contributed by atoms with E-state index in [2.05, 4.69) is 47.8 Å². The van der Waals surface area contributed by atoms with Gasteiger partial charge in [-0.05, 0) is 12.1 Å². The lowest BCUT2D eigenvalue weighted by Crippen LogP contribution is -1.83. The standard InChI is InChI=1S/C7H4Br3Cl/c8-4-2-1-3-5(11)6(4)7(9)10/h1-3,7H. The summed E-state index contributed by atoms with van der Waals surface area (Å²) in [5.41, 5.74) is 1.02. The van der Waals surface area contributed by atoms with Gasteiger partial charge >= 0.3 is 0 Å². The van der Waals surface area contributed by atoms with E-state index in [9.17, 15) is 0 Å². The number of rotatable bonds is 1. The molecule has 0 atom stereocenters. The molecule has 1 rings (SSSR count). The highest BCUT2D eigenvalue weighted by atomic mass is 79.9. The van der Waals surface area contributed by atoms with Crippen molar-refractivity contribution in [3.63, 3.8) is 0 Å². The zero-order chi connectivity index (χ0) is 8.43. The monoisotopic (exact) mass is 360 g/mol. The van der Waals surface area contributed by atoms with E-state index in [1.165, 1.54) is 0 Å². The Morgan fingerprint density at radius 1 is 1.27 bits per heavy atom. The molecule has 60 valence electrons. The van der Waals surface area contributed by atoms with Gasteiger partial charge in [-0.25, -0.2) is 0 Å². The van der Waals surface area contributed by atoms with Crippen molar-refractivity contribution in [2.45, 2.75) is 3.74 Å². The first-order chi connectivity index (χ1) is 5.13. The fourth-order valence-electron chi connectivity index (χ4n) is 0.719. The van der Waals surface area contributed by atoms with Gasteiger partial charge < -0.3 is 0 Å². The summed E-state index contributed by atoms with van der Waals surface area (Å²) < 4.78 is 1.10. The number of hydrogen-bond acceptors (Lipinski definition) is 0. The Morgan fingerprint density at radius 3 is 2.27 bits per heavy atom. The van der Waals surface area contributed by atoms with E-state index < -0.39 is 0 Å². The minimum atomic E-state index is 0.0954. The topological polar surface area (TPSA) is 0 Å². The number of alkyl halides is 2. The first-order valence-corrected chi connectivity index (χ1v) is 5.85. The van der Waals surface area contributed by atoms with Crippen LogP contribution in [0.25, 0.3) is 0 Å². The van der Waals surface area contributed by atoms with Crippen molar-refractivity contribution in [3.05, 3.63) is 33.3 Å². The normalized spacial score (nSPS) is 10.6. The molecule has 0 aliphatic carbocycles. The smallest absolute Gasteiger partial charge is 0.0839 e. The summed E-state index contributed by atoms with van der Waals surface area (Å²) in [6.45, 7) is 0. The van der Waals surface area contributed by atoms with Crippen molar-refractivity contribution >= 4 is 59.4 Å². The first-order valence-electron chi connectivity index (χ1n) is 2.85. The van der Waals surface area contributed by atoms with Crippen molar-refractivity contribution in [1.29, 1.82) is 0 Å². The van der Waals surface area contributed by atoms with E-state index in [-0.39, 0.29) is 3.74 Å². The first kappa shape index (κ1) is 10.0. The molecule has 1 aromatic rings. The van der Waals surface area contributed by atoms with Crippen molar-refractivity contribution in [1.82, 2.24) is 0 Å². The van der Waals surface area contributed by atoms with Gasteiger partial charge in [0.15, 0.2) is 0 Å². The number of benzene rings is 1. The van der Waals surface area contributed by atoms with Crippen LogP contribution in [0, 0.1) is 0 Å². The lowest BCUT2D eigenvalue weighted by Gasteiger charge is -2.06. The summed E-state index contributed by atoms with van der Waals surface area (Å²) in [5, 5.41) is 0.748. The molecule has 0 spiro atoms. The Bertz CT molecular complexity index is 240. The average molecular weight is 363 g/mol. The minimum Gasteiger partial charge on any atom is -0.0839 e. The lowest BCUT2D eigenvalue weighted by molar-refractivity contribution is 1.39. The van der Waals surface area contributed by atoms with E-state index in [0.717, 1.165) is 15.1 Å². The Balaban J connectivity index is 3.21. The average Bonchev–Trinajstić information content (AvgIpc) is 1.85. The minimum absolute atomic E-state index is 0.0954. The maximum Gasteiger partial charge on any atom is 0.0971 e. The molecule has 0 saturated heterocycles. The SMILES string of the molecule is Clc1cccc(Br)c1C(Br)Br. The summed E-state index contributed by atoms with van der Waals surface area (Å²) in [6.07, 6.45) is 0. The van der Waals surface area contributed by atoms with Gasteiger partial charge in [0, 0.05) is 15.1 Å². The molecule has 0 N–H and O–H groups in total. The highest BCUT2D eigenvalue weighted by Crippen LogP contribution is 2.38. The third-order valence-electron chi connectivity index (χ3n) is 1.22. The van der Waals surface area contributed by atoms with Crippen LogP contribution in [0.2, 0.25) is 5.02 Å². The van der Waals surface area contributed by atoms with E-state index in [4.69, 9.17) is 11.6 Å². The fourth-order valence-corrected chi connectivity index (χ4v) is 3.58. The molecule has 0 aliphatic heterocycles. The van der Waals surface area contributed by atoms with Crippen LogP contribution in [0.4, 0.5) is 0 Å². The molecule has 0 unspecified atom stereocenters. The zero-order valence-electron chi connectivity index (χ0n) is 5.32. The highest BCUT2D eigenvalue weighted by molar-refractivity contribution is 9.24. The molecule has 1 aromatic carbocycles. The van der Waals surface area contributed by atoms with Crippen LogP contribution >= 0.6 is 59.4 Å². The van der Waals surface area contributed by atoms with Gasteiger partial charge in [-0.1, -0.05) is 65.5 Å². The second-order valence-electron chi connectivity index (χ2n) is 1.94. The number of hydrogen-bond donors (Lipinski definition) is 0. The van der Waals surface area contributed by atoms with Crippen LogP contribution in [-0.2, 0) is 0 Å². The third-order valence-corrected chi connectivity index (χ3v) is 3.15. The van der Waals surface area contributed by atoms with Gasteiger partial charge in [0.25, 0.3) is 0 Å². The fraction of sp³-hybridized carbons (Fsp3) is 0.143. The summed E-state index contributed by atoms with van der Waals surface area (Å²) in [5.74, 6) is 0. The molecule has 0 nitrogen and oxygen atoms in total. The highest BCUT2D eigenvalue weighted by Gasteiger charge is 2.10.